The predicted molar refractivity (Wildman–Crippen MR) is 149 cm³/mol. The SMILES string of the molecule is CCOC(=O)C1=C(C)N=c2s/c(=C\c3cccc(OCc4ccccc4F)c3)c(=O)n2[C@H]1c1ccccc1Cl. The zero-order chi connectivity index (χ0) is 27.5. The van der Waals surface area contributed by atoms with Gasteiger partial charge in [0.1, 0.15) is 24.2 Å². The van der Waals surface area contributed by atoms with Gasteiger partial charge in [-0.05, 0) is 55.3 Å². The Morgan fingerprint density at radius 3 is 2.67 bits per heavy atom. The number of carbonyl (C=O) groups excluding carboxylic acids is 1. The topological polar surface area (TPSA) is 69.9 Å². The highest BCUT2D eigenvalue weighted by Crippen LogP contribution is 2.34. The highest BCUT2D eigenvalue weighted by molar-refractivity contribution is 7.07. The van der Waals surface area contributed by atoms with Crippen LogP contribution in [0.3, 0.4) is 0 Å². The molecule has 0 fully saturated rings. The summed E-state index contributed by atoms with van der Waals surface area (Å²) in [4.78, 5) is 31.8. The molecule has 2 heterocycles. The summed E-state index contributed by atoms with van der Waals surface area (Å²) in [5.41, 5.74) is 2.20. The lowest BCUT2D eigenvalue weighted by molar-refractivity contribution is -0.139. The lowest BCUT2D eigenvalue weighted by Crippen LogP contribution is -2.40. The lowest BCUT2D eigenvalue weighted by atomic mass is 9.96. The number of carbonyl (C=O) groups is 1. The van der Waals surface area contributed by atoms with Gasteiger partial charge in [0.05, 0.1) is 22.4 Å². The van der Waals surface area contributed by atoms with Crippen LogP contribution in [0.5, 0.6) is 5.75 Å². The Bertz CT molecular complexity index is 1780. The van der Waals surface area contributed by atoms with Crippen LogP contribution in [0.25, 0.3) is 6.08 Å². The van der Waals surface area contributed by atoms with Gasteiger partial charge in [-0.1, -0.05) is 71.5 Å². The van der Waals surface area contributed by atoms with E-state index in [1.54, 1.807) is 74.5 Å². The van der Waals surface area contributed by atoms with E-state index in [0.717, 1.165) is 5.56 Å². The van der Waals surface area contributed by atoms with Crippen molar-refractivity contribution in [2.45, 2.75) is 26.5 Å². The lowest BCUT2D eigenvalue weighted by Gasteiger charge is -2.25. The van der Waals surface area contributed by atoms with Crippen LogP contribution in [0.15, 0.2) is 93.9 Å². The first-order chi connectivity index (χ1) is 18.9. The van der Waals surface area contributed by atoms with Crippen molar-refractivity contribution >= 4 is 35.0 Å². The number of halogens is 2. The smallest absolute Gasteiger partial charge is 0.338 e. The monoisotopic (exact) mass is 562 g/mol. The molecule has 0 unspecified atom stereocenters. The van der Waals surface area contributed by atoms with E-state index in [-0.39, 0.29) is 30.2 Å². The molecule has 0 bridgehead atoms. The third-order valence-corrected chi connectivity index (χ3v) is 7.55. The van der Waals surface area contributed by atoms with Crippen LogP contribution in [0.4, 0.5) is 4.39 Å². The minimum Gasteiger partial charge on any atom is -0.489 e. The van der Waals surface area contributed by atoms with Gasteiger partial charge in [-0.25, -0.2) is 14.2 Å². The number of hydrogen-bond acceptors (Lipinski definition) is 6. The first-order valence-electron chi connectivity index (χ1n) is 12.3. The molecule has 0 saturated heterocycles. The van der Waals surface area contributed by atoms with Crippen LogP contribution in [-0.4, -0.2) is 17.1 Å². The highest BCUT2D eigenvalue weighted by atomic mass is 35.5. The van der Waals surface area contributed by atoms with E-state index < -0.39 is 12.0 Å². The third-order valence-electron chi connectivity index (χ3n) is 6.22. The molecule has 0 amide bonds. The fourth-order valence-corrected chi connectivity index (χ4v) is 5.69. The summed E-state index contributed by atoms with van der Waals surface area (Å²) in [6.45, 7) is 3.71. The van der Waals surface area contributed by atoms with Gasteiger partial charge in [0.2, 0.25) is 0 Å². The number of fused-ring (bicyclic) bond motifs is 1. The largest absolute Gasteiger partial charge is 0.489 e. The fourth-order valence-electron chi connectivity index (χ4n) is 4.40. The Morgan fingerprint density at radius 1 is 1.13 bits per heavy atom. The maximum absolute atomic E-state index is 14.0. The minimum atomic E-state index is -0.786. The van der Waals surface area contributed by atoms with Crippen LogP contribution >= 0.6 is 22.9 Å². The average Bonchev–Trinajstić information content (AvgIpc) is 3.22. The van der Waals surface area contributed by atoms with Crippen molar-refractivity contribution in [1.29, 1.82) is 0 Å². The minimum absolute atomic E-state index is 0.0755. The maximum atomic E-state index is 14.0. The number of aromatic nitrogens is 1. The quantitative estimate of drug-likeness (QED) is 0.291. The Balaban J connectivity index is 1.56. The third kappa shape index (κ3) is 5.44. The Morgan fingerprint density at radius 2 is 1.90 bits per heavy atom. The molecule has 0 spiro atoms. The zero-order valence-corrected chi connectivity index (χ0v) is 22.8. The molecule has 1 atom stereocenters. The molecular formula is C30H24ClFN2O4S. The molecule has 9 heteroatoms. The van der Waals surface area contributed by atoms with Gasteiger partial charge in [-0.15, -0.1) is 0 Å². The van der Waals surface area contributed by atoms with Crippen LogP contribution in [-0.2, 0) is 16.1 Å². The van der Waals surface area contributed by atoms with Crippen molar-refractivity contribution in [3.8, 4) is 5.75 Å². The second-order valence-corrected chi connectivity index (χ2v) is 10.2. The molecule has 0 radical (unpaired) electrons. The van der Waals surface area contributed by atoms with E-state index in [4.69, 9.17) is 21.1 Å². The Labute approximate surface area is 232 Å². The van der Waals surface area contributed by atoms with E-state index in [1.165, 1.54) is 22.0 Å². The van der Waals surface area contributed by atoms with E-state index in [9.17, 15) is 14.0 Å². The molecule has 198 valence electrons. The average molecular weight is 563 g/mol. The van der Waals surface area contributed by atoms with Crippen LogP contribution in [0.1, 0.15) is 36.6 Å². The van der Waals surface area contributed by atoms with Crippen LogP contribution < -0.4 is 19.6 Å². The molecule has 0 N–H and O–H groups in total. The summed E-state index contributed by atoms with van der Waals surface area (Å²) in [7, 11) is 0. The van der Waals surface area contributed by atoms with Gasteiger partial charge in [-0.3, -0.25) is 9.36 Å². The van der Waals surface area contributed by atoms with Crippen LogP contribution in [0.2, 0.25) is 5.02 Å². The number of allylic oxidation sites excluding steroid dienone is 1. The Hall–Kier alpha value is -4.01. The standard InChI is InChI=1S/C30H24ClFN2O4S/c1-3-37-29(36)26-18(2)33-30-34(27(26)22-12-5-6-13-23(22)31)28(35)25(39-30)16-19-9-8-11-21(15-19)38-17-20-10-4-7-14-24(20)32/h4-16,27H,3,17H2,1-2H3/b25-16-/t27-/m0/s1. The van der Waals surface area contributed by atoms with E-state index in [0.29, 0.717) is 36.9 Å². The highest BCUT2D eigenvalue weighted by Gasteiger charge is 2.34. The van der Waals surface area contributed by atoms with Crippen molar-refractivity contribution in [1.82, 2.24) is 4.57 Å². The summed E-state index contributed by atoms with van der Waals surface area (Å²) in [5.74, 6) is -0.341. The number of nitrogens with zero attached hydrogens (tertiary/aromatic N) is 2. The second kappa shape index (κ2) is 11.4. The van der Waals surface area contributed by atoms with Gasteiger partial charge in [-0.2, -0.15) is 0 Å². The molecule has 4 aromatic rings. The molecule has 39 heavy (non-hydrogen) atoms. The van der Waals surface area contributed by atoms with E-state index in [1.807, 2.05) is 12.1 Å². The van der Waals surface area contributed by atoms with Crippen molar-refractivity contribution in [3.63, 3.8) is 0 Å². The fraction of sp³-hybridized carbons (Fsp3) is 0.167. The Kier molecular flexibility index (Phi) is 7.77. The van der Waals surface area contributed by atoms with Crippen molar-refractivity contribution in [2.75, 3.05) is 6.61 Å². The summed E-state index contributed by atoms with van der Waals surface area (Å²) < 4.78 is 27.0. The normalized spacial score (nSPS) is 15.1. The first-order valence-corrected chi connectivity index (χ1v) is 13.5. The van der Waals surface area contributed by atoms with Gasteiger partial charge >= 0.3 is 5.97 Å². The van der Waals surface area contributed by atoms with Gasteiger partial charge in [0, 0.05) is 10.6 Å². The molecule has 6 nitrogen and oxygen atoms in total. The molecule has 1 aliphatic heterocycles. The summed E-state index contributed by atoms with van der Waals surface area (Å²) in [6, 6.07) is 19.9. The summed E-state index contributed by atoms with van der Waals surface area (Å²) >= 11 is 7.76. The molecule has 5 rings (SSSR count). The predicted octanol–water partition coefficient (Wildman–Crippen LogP) is 5.17. The molecule has 1 aromatic heterocycles. The van der Waals surface area contributed by atoms with Crippen molar-refractivity contribution in [2.24, 2.45) is 4.99 Å². The second-order valence-electron chi connectivity index (χ2n) is 8.78. The van der Waals surface area contributed by atoms with Crippen LogP contribution in [0, 0.1) is 5.82 Å². The molecule has 3 aromatic carbocycles. The summed E-state index contributed by atoms with van der Waals surface area (Å²) in [6.07, 6.45) is 1.74. The number of rotatable bonds is 7. The van der Waals surface area contributed by atoms with Gasteiger partial charge < -0.3 is 9.47 Å². The number of esters is 1. The van der Waals surface area contributed by atoms with Gasteiger partial charge in [0.25, 0.3) is 5.56 Å². The van der Waals surface area contributed by atoms with Gasteiger partial charge in [0.15, 0.2) is 4.80 Å². The molecule has 1 aliphatic rings. The molecule has 0 aliphatic carbocycles. The van der Waals surface area contributed by atoms with Crippen molar-refractivity contribution in [3.05, 3.63) is 131 Å². The number of hydrogen-bond donors (Lipinski definition) is 0. The number of ether oxygens (including phenoxy) is 2. The number of thiazole rings is 1. The number of benzene rings is 3. The van der Waals surface area contributed by atoms with E-state index >= 15 is 0 Å². The van der Waals surface area contributed by atoms with E-state index in [2.05, 4.69) is 4.99 Å². The van der Waals surface area contributed by atoms with Crippen molar-refractivity contribution < 1.29 is 18.7 Å². The first kappa shape index (κ1) is 26.6. The zero-order valence-electron chi connectivity index (χ0n) is 21.2. The molecule has 0 saturated carbocycles. The maximum Gasteiger partial charge on any atom is 0.338 e. The molecular weight excluding hydrogens is 539 g/mol. The summed E-state index contributed by atoms with van der Waals surface area (Å²) in [5, 5.41) is 0.424.